The highest BCUT2D eigenvalue weighted by atomic mass is 16.6. The van der Waals surface area contributed by atoms with Crippen LogP contribution in [-0.4, -0.2) is 55.9 Å². The average molecular weight is 539 g/mol. The van der Waals surface area contributed by atoms with Gasteiger partial charge in [0.15, 0.2) is 0 Å². The normalized spacial score (nSPS) is 23.4. The largest absolute Gasteiger partial charge is 0.461 e. The van der Waals surface area contributed by atoms with E-state index in [1.165, 1.54) is 0 Å². The van der Waals surface area contributed by atoms with Crippen molar-refractivity contribution in [3.05, 3.63) is 71.5 Å². The maximum absolute atomic E-state index is 10.4. The Hall–Kier alpha value is -2.22. The Morgan fingerprint density at radius 2 is 1.41 bits per heavy atom. The van der Waals surface area contributed by atoms with Crippen molar-refractivity contribution in [1.29, 1.82) is 0 Å². The molecule has 2 unspecified atom stereocenters. The van der Waals surface area contributed by atoms with Gasteiger partial charge in [0.25, 0.3) is 0 Å². The van der Waals surface area contributed by atoms with E-state index < -0.39 is 6.10 Å². The summed E-state index contributed by atoms with van der Waals surface area (Å²) >= 11 is 0. The van der Waals surface area contributed by atoms with E-state index in [-0.39, 0.29) is 31.0 Å². The number of aliphatic hydroxyl groups excluding tert-OH is 1. The summed E-state index contributed by atoms with van der Waals surface area (Å²) in [6.45, 7) is 8.18. The third-order valence-electron chi connectivity index (χ3n) is 7.37. The van der Waals surface area contributed by atoms with Crippen LogP contribution >= 0.6 is 0 Å². The monoisotopic (exact) mass is 538 g/mol. The molecule has 0 amide bonds. The van der Waals surface area contributed by atoms with E-state index in [1.54, 1.807) is 0 Å². The zero-order chi connectivity index (χ0) is 27.5. The highest BCUT2D eigenvalue weighted by Gasteiger charge is 2.48. The Bertz CT molecular complexity index is 1080. The van der Waals surface area contributed by atoms with Crippen LogP contribution < -0.4 is 0 Å². The van der Waals surface area contributed by atoms with Crippen LogP contribution in [0.25, 0.3) is 11.0 Å². The molecule has 5 atom stereocenters. The molecule has 0 spiro atoms. The summed E-state index contributed by atoms with van der Waals surface area (Å²) in [5.74, 6) is 0.923. The SMILES string of the molecule is CCCCOC1[C@H](OCCCC)C(CO)O[C@@H](c2cccc(Cc3cc4ccccc4o3)c2)[C@@H]1OCCCC. The average Bonchev–Trinajstić information content (AvgIpc) is 3.36. The van der Waals surface area contributed by atoms with Crippen molar-refractivity contribution in [3.63, 3.8) is 0 Å². The third kappa shape index (κ3) is 7.92. The van der Waals surface area contributed by atoms with Gasteiger partial charge < -0.3 is 28.5 Å². The Labute approximate surface area is 233 Å². The lowest BCUT2D eigenvalue weighted by molar-refractivity contribution is -0.266. The lowest BCUT2D eigenvalue weighted by atomic mass is 9.89. The van der Waals surface area contributed by atoms with Crippen LogP contribution in [-0.2, 0) is 25.4 Å². The molecular formula is C33H46O6. The molecular weight excluding hydrogens is 492 g/mol. The molecule has 2 heterocycles. The molecule has 1 aromatic heterocycles. The van der Waals surface area contributed by atoms with E-state index >= 15 is 0 Å². The second-order valence-corrected chi connectivity index (χ2v) is 10.5. The number of benzene rings is 2. The first kappa shape index (κ1) is 29.8. The summed E-state index contributed by atoms with van der Waals surface area (Å²) in [5.41, 5.74) is 3.04. The molecule has 0 aliphatic carbocycles. The summed E-state index contributed by atoms with van der Waals surface area (Å²) in [5, 5.41) is 11.5. The molecule has 6 heteroatoms. The number of hydrogen-bond donors (Lipinski definition) is 1. The molecule has 3 aromatic rings. The zero-order valence-corrected chi connectivity index (χ0v) is 23.8. The molecule has 1 aliphatic rings. The van der Waals surface area contributed by atoms with Crippen molar-refractivity contribution in [3.8, 4) is 0 Å². The Morgan fingerprint density at radius 3 is 2.08 bits per heavy atom. The van der Waals surface area contributed by atoms with Gasteiger partial charge in [0.05, 0.1) is 6.61 Å². The lowest BCUT2D eigenvalue weighted by Crippen LogP contribution is -2.58. The van der Waals surface area contributed by atoms with Crippen molar-refractivity contribution in [2.75, 3.05) is 26.4 Å². The first-order chi connectivity index (χ1) is 19.2. The number of ether oxygens (including phenoxy) is 4. The second kappa shape index (κ2) is 15.5. The fourth-order valence-electron chi connectivity index (χ4n) is 5.20. The summed E-state index contributed by atoms with van der Waals surface area (Å²) in [4.78, 5) is 0. The van der Waals surface area contributed by atoms with Crippen molar-refractivity contribution in [2.24, 2.45) is 0 Å². The number of fused-ring (bicyclic) bond motifs is 1. The number of para-hydroxylation sites is 1. The van der Waals surface area contributed by atoms with Crippen LogP contribution in [0.2, 0.25) is 0 Å². The number of furan rings is 1. The highest BCUT2D eigenvalue weighted by Crippen LogP contribution is 2.38. The van der Waals surface area contributed by atoms with Crippen LogP contribution in [0.1, 0.15) is 82.3 Å². The van der Waals surface area contributed by atoms with Crippen LogP contribution in [0.15, 0.2) is 59.0 Å². The predicted molar refractivity (Wildman–Crippen MR) is 154 cm³/mol. The summed E-state index contributed by atoms with van der Waals surface area (Å²) in [7, 11) is 0. The van der Waals surface area contributed by atoms with Crippen LogP contribution in [0.3, 0.4) is 0 Å². The van der Waals surface area contributed by atoms with E-state index in [9.17, 15) is 5.11 Å². The summed E-state index contributed by atoms with van der Waals surface area (Å²) < 4.78 is 32.0. The third-order valence-corrected chi connectivity index (χ3v) is 7.37. The van der Waals surface area contributed by atoms with Crippen LogP contribution in [0.4, 0.5) is 0 Å². The molecule has 4 rings (SSSR count). The number of rotatable bonds is 16. The highest BCUT2D eigenvalue weighted by molar-refractivity contribution is 5.77. The van der Waals surface area contributed by atoms with Gasteiger partial charge >= 0.3 is 0 Å². The van der Waals surface area contributed by atoms with Crippen molar-refractivity contribution in [2.45, 2.75) is 96.2 Å². The molecule has 1 saturated heterocycles. The maximum Gasteiger partial charge on any atom is 0.134 e. The zero-order valence-electron chi connectivity index (χ0n) is 23.8. The van der Waals surface area contributed by atoms with Gasteiger partial charge in [-0.1, -0.05) is 82.5 Å². The Balaban J connectivity index is 1.61. The molecule has 0 saturated carbocycles. The van der Waals surface area contributed by atoms with Gasteiger partial charge in [-0.2, -0.15) is 0 Å². The van der Waals surface area contributed by atoms with E-state index in [1.807, 2.05) is 18.2 Å². The molecule has 0 radical (unpaired) electrons. The van der Waals surface area contributed by atoms with Gasteiger partial charge in [-0.15, -0.1) is 0 Å². The summed E-state index contributed by atoms with van der Waals surface area (Å²) in [6, 6.07) is 18.6. The van der Waals surface area contributed by atoms with Gasteiger partial charge in [0.2, 0.25) is 0 Å². The van der Waals surface area contributed by atoms with E-state index in [2.05, 4.69) is 57.2 Å². The molecule has 2 aromatic carbocycles. The standard InChI is InChI=1S/C33H46O6/c1-4-7-17-35-31-29(23-34)39-30(32(36-18-8-5-2)33(31)37-19-9-6-3)26-15-12-13-24(20-26)21-27-22-25-14-10-11-16-28(25)38-27/h10-16,20,22,29-34H,4-9,17-19,21,23H2,1-3H3/t29?,30-,31+,32-,33?/m0/s1. The molecule has 6 nitrogen and oxygen atoms in total. The molecule has 0 bridgehead atoms. The minimum absolute atomic E-state index is 0.138. The quantitative estimate of drug-likeness (QED) is 0.198. The topological polar surface area (TPSA) is 70.3 Å². The Morgan fingerprint density at radius 1 is 0.744 bits per heavy atom. The predicted octanol–water partition coefficient (Wildman–Crippen LogP) is 7.01. The van der Waals surface area contributed by atoms with E-state index in [0.29, 0.717) is 26.2 Å². The molecule has 39 heavy (non-hydrogen) atoms. The smallest absolute Gasteiger partial charge is 0.134 e. The minimum atomic E-state index is -0.497. The Kier molecular flexibility index (Phi) is 11.9. The second-order valence-electron chi connectivity index (χ2n) is 10.5. The first-order valence-corrected chi connectivity index (χ1v) is 14.9. The van der Waals surface area contributed by atoms with Gasteiger partial charge in [0.1, 0.15) is 41.9 Å². The van der Waals surface area contributed by atoms with Crippen LogP contribution in [0.5, 0.6) is 0 Å². The molecule has 1 fully saturated rings. The molecule has 1 aliphatic heterocycles. The fraction of sp³-hybridized carbons (Fsp3) is 0.576. The molecule has 1 N–H and O–H groups in total. The lowest BCUT2D eigenvalue weighted by Gasteiger charge is -2.46. The minimum Gasteiger partial charge on any atom is -0.461 e. The van der Waals surface area contributed by atoms with Crippen molar-refractivity contribution < 1.29 is 28.5 Å². The number of hydrogen-bond acceptors (Lipinski definition) is 6. The number of unbranched alkanes of at least 4 members (excludes halogenated alkanes) is 3. The fourth-order valence-corrected chi connectivity index (χ4v) is 5.20. The molecule has 214 valence electrons. The van der Waals surface area contributed by atoms with Crippen LogP contribution in [0, 0.1) is 0 Å². The maximum atomic E-state index is 10.4. The van der Waals surface area contributed by atoms with Gasteiger partial charge in [-0.05, 0) is 42.5 Å². The van der Waals surface area contributed by atoms with E-state index in [0.717, 1.165) is 66.4 Å². The number of aliphatic hydroxyl groups is 1. The van der Waals surface area contributed by atoms with Crippen molar-refractivity contribution >= 4 is 11.0 Å². The first-order valence-electron chi connectivity index (χ1n) is 14.9. The van der Waals surface area contributed by atoms with Gasteiger partial charge in [-0.3, -0.25) is 0 Å². The summed E-state index contributed by atoms with van der Waals surface area (Å²) in [6.07, 6.45) is 4.73. The van der Waals surface area contributed by atoms with Gasteiger partial charge in [-0.25, -0.2) is 0 Å². The van der Waals surface area contributed by atoms with E-state index in [4.69, 9.17) is 23.4 Å². The van der Waals surface area contributed by atoms with Gasteiger partial charge in [0, 0.05) is 31.6 Å². The van der Waals surface area contributed by atoms with Crippen molar-refractivity contribution in [1.82, 2.24) is 0 Å².